The number of amides is 2. The molecule has 2 aliphatic heterocycles. The highest BCUT2D eigenvalue weighted by Gasteiger charge is 2.37. The van der Waals surface area contributed by atoms with Crippen LogP contribution >= 0.6 is 0 Å². The molecule has 1 aromatic heterocycles. The monoisotopic (exact) mass is 345 g/mol. The Balaban J connectivity index is 1.68. The number of hydrogen-bond acceptors (Lipinski definition) is 5. The fourth-order valence-corrected chi connectivity index (χ4v) is 3.82. The smallest absolute Gasteiger partial charge is 0.229 e. The van der Waals surface area contributed by atoms with Gasteiger partial charge in [0, 0.05) is 32.1 Å². The van der Waals surface area contributed by atoms with E-state index in [0.29, 0.717) is 12.2 Å². The van der Waals surface area contributed by atoms with Gasteiger partial charge in [-0.05, 0) is 25.7 Å². The topological polar surface area (TPSA) is 78.4 Å². The van der Waals surface area contributed by atoms with Crippen molar-refractivity contribution >= 4 is 23.3 Å². The van der Waals surface area contributed by atoms with Crippen LogP contribution in [-0.2, 0) is 9.59 Å². The number of nitrogens with one attached hydrogen (secondary N) is 1. The van der Waals surface area contributed by atoms with Crippen molar-refractivity contribution in [3.8, 4) is 0 Å². The molecule has 7 nitrogen and oxygen atoms in total. The molecule has 25 heavy (non-hydrogen) atoms. The summed E-state index contributed by atoms with van der Waals surface area (Å²) < 4.78 is 0. The van der Waals surface area contributed by atoms with Crippen molar-refractivity contribution < 1.29 is 9.59 Å². The lowest BCUT2D eigenvalue weighted by atomic mass is 10.1. The van der Waals surface area contributed by atoms with Crippen molar-refractivity contribution in [2.75, 3.05) is 29.9 Å². The van der Waals surface area contributed by atoms with Crippen LogP contribution in [0, 0.1) is 5.92 Å². The van der Waals surface area contributed by atoms with E-state index in [2.05, 4.69) is 34.0 Å². The van der Waals surface area contributed by atoms with Crippen LogP contribution in [0.1, 0.15) is 46.0 Å². The quantitative estimate of drug-likeness (QED) is 0.854. The van der Waals surface area contributed by atoms with E-state index in [0.717, 1.165) is 44.6 Å². The highest BCUT2D eigenvalue weighted by molar-refractivity contribution is 5.98. The molecule has 2 fully saturated rings. The van der Waals surface area contributed by atoms with Gasteiger partial charge in [0.15, 0.2) is 5.82 Å². The number of likely N-dealkylation sites (tertiary alicyclic amines) is 1. The average Bonchev–Trinajstić information content (AvgIpc) is 3.27. The summed E-state index contributed by atoms with van der Waals surface area (Å²) in [7, 11) is 0. The second-order valence-corrected chi connectivity index (χ2v) is 6.86. The maximum Gasteiger partial charge on any atom is 0.229 e. The summed E-state index contributed by atoms with van der Waals surface area (Å²) in [6.45, 7) is 6.56. The molecule has 0 aromatic carbocycles. The Kier molecular flexibility index (Phi) is 5.50. The number of carbonyl (C=O) groups is 2. The summed E-state index contributed by atoms with van der Waals surface area (Å²) in [4.78, 5) is 37.4. The zero-order chi connectivity index (χ0) is 17.8. The normalized spacial score (nSPS) is 20.6. The lowest BCUT2D eigenvalue weighted by Gasteiger charge is -2.26. The third-order valence-electron chi connectivity index (χ3n) is 5.27. The minimum atomic E-state index is -0.306. The Bertz CT molecular complexity index is 626. The standard InChI is InChI=1S/C18H27N5O2/c1-3-14(4-2)23-11-13(9-16(23)24)18(25)21-15-10-19-12-20-17(15)22-7-5-6-8-22/h10,12-14H,3-9,11H2,1-2H3,(H,21,25)/t13-/m0/s1. The van der Waals surface area contributed by atoms with Crippen molar-refractivity contribution in [1.29, 1.82) is 0 Å². The molecule has 7 heteroatoms. The average molecular weight is 345 g/mol. The number of hydrogen-bond donors (Lipinski definition) is 1. The first-order valence-electron chi connectivity index (χ1n) is 9.29. The molecule has 0 spiro atoms. The molecule has 0 bridgehead atoms. The summed E-state index contributed by atoms with van der Waals surface area (Å²) in [5.41, 5.74) is 0.642. The van der Waals surface area contributed by atoms with Crippen LogP contribution in [-0.4, -0.2) is 52.4 Å². The van der Waals surface area contributed by atoms with Gasteiger partial charge >= 0.3 is 0 Å². The zero-order valence-electron chi connectivity index (χ0n) is 15.1. The molecule has 3 rings (SSSR count). The van der Waals surface area contributed by atoms with Crippen molar-refractivity contribution in [2.45, 2.75) is 52.0 Å². The van der Waals surface area contributed by atoms with Gasteiger partial charge in [-0.25, -0.2) is 9.97 Å². The van der Waals surface area contributed by atoms with E-state index >= 15 is 0 Å². The molecule has 0 unspecified atom stereocenters. The molecule has 0 radical (unpaired) electrons. The minimum Gasteiger partial charge on any atom is -0.355 e. The molecule has 1 atom stereocenters. The first kappa shape index (κ1) is 17.6. The van der Waals surface area contributed by atoms with E-state index < -0.39 is 0 Å². The van der Waals surface area contributed by atoms with Crippen LogP contribution in [0.3, 0.4) is 0 Å². The molecular formula is C18H27N5O2. The lowest BCUT2D eigenvalue weighted by molar-refractivity contribution is -0.130. The second-order valence-electron chi connectivity index (χ2n) is 6.86. The van der Waals surface area contributed by atoms with Gasteiger partial charge < -0.3 is 15.1 Å². The maximum absolute atomic E-state index is 12.7. The Morgan fingerprint density at radius 2 is 2.04 bits per heavy atom. The Morgan fingerprint density at radius 3 is 2.72 bits per heavy atom. The van der Waals surface area contributed by atoms with Crippen LogP contribution in [0.25, 0.3) is 0 Å². The molecule has 0 saturated carbocycles. The van der Waals surface area contributed by atoms with E-state index in [1.54, 1.807) is 6.20 Å². The zero-order valence-corrected chi connectivity index (χ0v) is 15.1. The lowest BCUT2D eigenvalue weighted by Crippen LogP contribution is -2.36. The van der Waals surface area contributed by atoms with Gasteiger partial charge in [0.05, 0.1) is 12.1 Å². The van der Waals surface area contributed by atoms with Crippen LogP contribution in [0.5, 0.6) is 0 Å². The molecule has 136 valence electrons. The van der Waals surface area contributed by atoms with E-state index in [1.165, 1.54) is 6.33 Å². The van der Waals surface area contributed by atoms with Crippen LogP contribution in [0.2, 0.25) is 0 Å². The SMILES string of the molecule is CCC(CC)N1C[C@@H](C(=O)Nc2cncnc2N2CCCC2)CC1=O. The summed E-state index contributed by atoms with van der Waals surface area (Å²) in [6.07, 6.45) is 7.56. The summed E-state index contributed by atoms with van der Waals surface area (Å²) in [5, 5.41) is 2.96. The van der Waals surface area contributed by atoms with Gasteiger partial charge in [-0.3, -0.25) is 9.59 Å². The molecule has 1 aromatic rings. The van der Waals surface area contributed by atoms with Crippen LogP contribution < -0.4 is 10.2 Å². The van der Waals surface area contributed by atoms with Crippen molar-refractivity contribution in [3.05, 3.63) is 12.5 Å². The Hall–Kier alpha value is -2.18. The van der Waals surface area contributed by atoms with Crippen molar-refractivity contribution in [1.82, 2.24) is 14.9 Å². The predicted octanol–water partition coefficient (Wildman–Crippen LogP) is 2.05. The van der Waals surface area contributed by atoms with Crippen molar-refractivity contribution in [2.24, 2.45) is 5.92 Å². The minimum absolute atomic E-state index is 0.0814. The molecular weight excluding hydrogens is 318 g/mol. The third kappa shape index (κ3) is 3.75. The Labute approximate surface area is 148 Å². The van der Waals surface area contributed by atoms with Gasteiger partial charge in [0.25, 0.3) is 0 Å². The number of rotatable bonds is 6. The third-order valence-corrected chi connectivity index (χ3v) is 5.27. The second kappa shape index (κ2) is 7.80. The molecule has 1 N–H and O–H groups in total. The maximum atomic E-state index is 12.7. The fraction of sp³-hybridized carbons (Fsp3) is 0.667. The first-order valence-corrected chi connectivity index (χ1v) is 9.29. The number of anilines is 2. The summed E-state index contributed by atoms with van der Waals surface area (Å²) in [5.74, 6) is 0.441. The largest absolute Gasteiger partial charge is 0.355 e. The number of nitrogens with zero attached hydrogens (tertiary/aromatic N) is 4. The first-order chi connectivity index (χ1) is 12.1. The fourth-order valence-electron chi connectivity index (χ4n) is 3.82. The van der Waals surface area contributed by atoms with Crippen molar-refractivity contribution in [3.63, 3.8) is 0 Å². The number of carbonyl (C=O) groups excluding carboxylic acids is 2. The molecule has 2 amide bonds. The van der Waals surface area contributed by atoms with Gasteiger partial charge in [-0.2, -0.15) is 0 Å². The highest BCUT2D eigenvalue weighted by Crippen LogP contribution is 2.28. The summed E-state index contributed by atoms with van der Waals surface area (Å²) >= 11 is 0. The van der Waals surface area contributed by atoms with Gasteiger partial charge in [-0.1, -0.05) is 13.8 Å². The van der Waals surface area contributed by atoms with E-state index in [-0.39, 0.29) is 30.2 Å². The van der Waals surface area contributed by atoms with Gasteiger partial charge in [0.2, 0.25) is 11.8 Å². The van der Waals surface area contributed by atoms with Crippen LogP contribution in [0.4, 0.5) is 11.5 Å². The molecule has 0 aliphatic carbocycles. The predicted molar refractivity (Wildman–Crippen MR) is 96.3 cm³/mol. The van der Waals surface area contributed by atoms with E-state index in [4.69, 9.17) is 0 Å². The van der Waals surface area contributed by atoms with E-state index in [9.17, 15) is 9.59 Å². The molecule has 2 aliphatic rings. The van der Waals surface area contributed by atoms with Gasteiger partial charge in [-0.15, -0.1) is 0 Å². The van der Waals surface area contributed by atoms with Gasteiger partial charge in [0.1, 0.15) is 12.0 Å². The Morgan fingerprint density at radius 1 is 1.32 bits per heavy atom. The van der Waals surface area contributed by atoms with Crippen LogP contribution in [0.15, 0.2) is 12.5 Å². The highest BCUT2D eigenvalue weighted by atomic mass is 16.2. The molecule has 2 saturated heterocycles. The molecule has 3 heterocycles. The summed E-state index contributed by atoms with van der Waals surface area (Å²) in [6, 6.07) is 0.227. The number of aromatic nitrogens is 2. The van der Waals surface area contributed by atoms with E-state index in [1.807, 2.05) is 4.90 Å².